The van der Waals surface area contributed by atoms with E-state index in [1.165, 1.54) is 5.56 Å². The maximum atomic E-state index is 12.6. The van der Waals surface area contributed by atoms with Gasteiger partial charge in [-0.2, -0.15) is 0 Å². The van der Waals surface area contributed by atoms with Crippen molar-refractivity contribution in [1.82, 2.24) is 25.1 Å². The van der Waals surface area contributed by atoms with Crippen LogP contribution in [0.15, 0.2) is 60.7 Å². The Morgan fingerprint density at radius 1 is 1.06 bits per heavy atom. The van der Waals surface area contributed by atoms with Gasteiger partial charge >= 0.3 is 6.03 Å². The molecule has 0 saturated carbocycles. The molecule has 2 heterocycles. The summed E-state index contributed by atoms with van der Waals surface area (Å²) in [7, 11) is 1.71. The Labute approximate surface area is 190 Å². The third kappa shape index (κ3) is 5.56. The van der Waals surface area contributed by atoms with Crippen LogP contribution in [0.1, 0.15) is 41.2 Å². The van der Waals surface area contributed by atoms with E-state index in [0.29, 0.717) is 6.54 Å². The Morgan fingerprint density at radius 2 is 1.69 bits per heavy atom. The van der Waals surface area contributed by atoms with Crippen molar-refractivity contribution in [2.24, 2.45) is 0 Å². The Balaban J connectivity index is 1.34. The molecular formula is C26H33N5O. The number of aromatic nitrogens is 2. The zero-order valence-electron chi connectivity index (χ0n) is 19.1. The van der Waals surface area contributed by atoms with E-state index in [0.717, 1.165) is 61.7 Å². The van der Waals surface area contributed by atoms with E-state index in [9.17, 15) is 4.79 Å². The number of aryl methyl sites for hydroxylation is 1. The summed E-state index contributed by atoms with van der Waals surface area (Å²) in [6.45, 7) is 5.53. The van der Waals surface area contributed by atoms with Crippen LogP contribution in [0.2, 0.25) is 0 Å². The van der Waals surface area contributed by atoms with E-state index in [4.69, 9.17) is 4.98 Å². The van der Waals surface area contributed by atoms with Crippen molar-refractivity contribution in [3.05, 3.63) is 89.0 Å². The molecule has 3 aromatic rings. The molecule has 2 amide bonds. The predicted octanol–water partition coefficient (Wildman–Crippen LogP) is 4.11. The van der Waals surface area contributed by atoms with Gasteiger partial charge in [0.15, 0.2) is 0 Å². The number of likely N-dealkylation sites (tertiary alicyclic amines) is 1. The average Bonchev–Trinajstić information content (AvgIpc) is 3.17. The summed E-state index contributed by atoms with van der Waals surface area (Å²) >= 11 is 0. The minimum absolute atomic E-state index is 0.000928. The number of H-pyrrole nitrogens is 1. The number of carbonyl (C=O) groups excluding carboxylic acids is 1. The van der Waals surface area contributed by atoms with Gasteiger partial charge in [0.1, 0.15) is 5.82 Å². The average molecular weight is 432 g/mol. The molecule has 0 radical (unpaired) electrons. The second kappa shape index (κ2) is 10.5. The molecule has 2 N–H and O–H groups in total. The molecule has 168 valence electrons. The third-order valence-electron chi connectivity index (χ3n) is 6.29. The molecule has 1 aliphatic heterocycles. The fourth-order valence-corrected chi connectivity index (χ4v) is 4.48. The molecule has 6 nitrogen and oxygen atoms in total. The van der Waals surface area contributed by atoms with Crippen LogP contribution in [-0.2, 0) is 19.5 Å². The standard InChI is InChI=1S/C26H33N5O/c1-20-24(29-25(28-20)17-21-9-5-3-6-10-21)19-30-15-13-23(14-16-30)31(26(32)27-2)18-22-11-7-4-8-12-22/h3-12,23H,13-19H2,1-2H3,(H,27,32)(H,28,29). The molecule has 0 spiro atoms. The number of nitrogens with one attached hydrogen (secondary N) is 2. The summed E-state index contributed by atoms with van der Waals surface area (Å²) in [5.41, 5.74) is 4.70. The maximum absolute atomic E-state index is 12.6. The molecule has 1 aromatic heterocycles. The lowest BCUT2D eigenvalue weighted by Gasteiger charge is -2.38. The number of imidazole rings is 1. The van der Waals surface area contributed by atoms with E-state index in [1.807, 2.05) is 29.2 Å². The summed E-state index contributed by atoms with van der Waals surface area (Å²) in [6, 6.07) is 20.9. The fourth-order valence-electron chi connectivity index (χ4n) is 4.48. The van der Waals surface area contributed by atoms with Gasteiger partial charge in [0.2, 0.25) is 0 Å². The van der Waals surface area contributed by atoms with Crippen LogP contribution < -0.4 is 5.32 Å². The highest BCUT2D eigenvalue weighted by Crippen LogP contribution is 2.21. The van der Waals surface area contributed by atoms with Crippen molar-refractivity contribution >= 4 is 6.03 Å². The molecule has 6 heteroatoms. The lowest BCUT2D eigenvalue weighted by atomic mass is 10.0. The van der Waals surface area contributed by atoms with E-state index in [2.05, 4.69) is 58.5 Å². The lowest BCUT2D eigenvalue weighted by molar-refractivity contribution is 0.113. The molecular weight excluding hydrogens is 398 g/mol. The van der Waals surface area contributed by atoms with Gasteiger partial charge in [-0.1, -0.05) is 60.7 Å². The van der Waals surface area contributed by atoms with Gasteiger partial charge in [-0.3, -0.25) is 4.90 Å². The molecule has 32 heavy (non-hydrogen) atoms. The molecule has 2 aromatic carbocycles. The molecule has 0 bridgehead atoms. The predicted molar refractivity (Wildman–Crippen MR) is 127 cm³/mol. The molecule has 0 atom stereocenters. The van der Waals surface area contributed by atoms with E-state index >= 15 is 0 Å². The van der Waals surface area contributed by atoms with Crippen LogP contribution in [0.25, 0.3) is 0 Å². The fraction of sp³-hybridized carbons (Fsp3) is 0.385. The number of aromatic amines is 1. The van der Waals surface area contributed by atoms with Crippen molar-refractivity contribution in [3.63, 3.8) is 0 Å². The molecule has 4 rings (SSSR count). The van der Waals surface area contributed by atoms with Crippen molar-refractivity contribution in [2.75, 3.05) is 20.1 Å². The van der Waals surface area contributed by atoms with Crippen molar-refractivity contribution < 1.29 is 4.79 Å². The van der Waals surface area contributed by atoms with Crippen LogP contribution in [0.5, 0.6) is 0 Å². The number of carbonyl (C=O) groups is 1. The minimum Gasteiger partial charge on any atom is -0.346 e. The van der Waals surface area contributed by atoms with Gasteiger partial charge in [-0.05, 0) is 30.9 Å². The van der Waals surface area contributed by atoms with E-state index in [-0.39, 0.29) is 12.1 Å². The van der Waals surface area contributed by atoms with Gasteiger partial charge < -0.3 is 15.2 Å². The molecule has 1 aliphatic rings. The van der Waals surface area contributed by atoms with E-state index < -0.39 is 0 Å². The number of hydrogen-bond donors (Lipinski definition) is 2. The lowest BCUT2D eigenvalue weighted by Crippen LogP contribution is -2.49. The zero-order valence-corrected chi connectivity index (χ0v) is 19.1. The number of nitrogens with zero attached hydrogens (tertiary/aromatic N) is 3. The van der Waals surface area contributed by atoms with Gasteiger partial charge in [0.25, 0.3) is 0 Å². The van der Waals surface area contributed by atoms with Crippen LogP contribution >= 0.6 is 0 Å². The second-order valence-electron chi connectivity index (χ2n) is 8.59. The maximum Gasteiger partial charge on any atom is 0.317 e. The van der Waals surface area contributed by atoms with Crippen LogP contribution in [0.3, 0.4) is 0 Å². The van der Waals surface area contributed by atoms with Crippen molar-refractivity contribution in [3.8, 4) is 0 Å². The van der Waals surface area contributed by atoms with Crippen molar-refractivity contribution in [2.45, 2.75) is 45.3 Å². The van der Waals surface area contributed by atoms with Gasteiger partial charge in [0, 0.05) is 51.4 Å². The van der Waals surface area contributed by atoms with Gasteiger partial charge in [0.05, 0.1) is 5.69 Å². The van der Waals surface area contributed by atoms with Crippen LogP contribution in [-0.4, -0.2) is 52.0 Å². The Morgan fingerprint density at radius 3 is 2.31 bits per heavy atom. The second-order valence-corrected chi connectivity index (χ2v) is 8.59. The van der Waals surface area contributed by atoms with Gasteiger partial charge in [-0.25, -0.2) is 9.78 Å². The highest BCUT2D eigenvalue weighted by atomic mass is 16.2. The number of rotatable bonds is 7. The Hall–Kier alpha value is -3.12. The largest absolute Gasteiger partial charge is 0.346 e. The quantitative estimate of drug-likeness (QED) is 0.592. The van der Waals surface area contributed by atoms with Gasteiger partial charge in [-0.15, -0.1) is 0 Å². The Bertz CT molecular complexity index is 994. The monoisotopic (exact) mass is 431 g/mol. The summed E-state index contributed by atoms with van der Waals surface area (Å²) in [5, 5.41) is 2.82. The van der Waals surface area contributed by atoms with Crippen LogP contribution in [0, 0.1) is 6.92 Å². The topological polar surface area (TPSA) is 64.3 Å². The zero-order chi connectivity index (χ0) is 22.3. The smallest absolute Gasteiger partial charge is 0.317 e. The molecule has 1 fully saturated rings. The third-order valence-corrected chi connectivity index (χ3v) is 6.29. The highest BCUT2D eigenvalue weighted by molar-refractivity contribution is 5.74. The van der Waals surface area contributed by atoms with E-state index in [1.54, 1.807) is 7.05 Å². The summed E-state index contributed by atoms with van der Waals surface area (Å²) in [5.74, 6) is 1.02. The first kappa shape index (κ1) is 22.1. The molecule has 0 aliphatic carbocycles. The number of benzene rings is 2. The normalized spacial score (nSPS) is 14.9. The minimum atomic E-state index is 0.000928. The number of hydrogen-bond acceptors (Lipinski definition) is 3. The molecule has 1 saturated heterocycles. The highest BCUT2D eigenvalue weighted by Gasteiger charge is 2.28. The SMILES string of the molecule is CNC(=O)N(Cc1ccccc1)C1CCN(Cc2nc(Cc3ccccc3)[nH]c2C)CC1. The number of urea groups is 1. The van der Waals surface area contributed by atoms with Crippen LogP contribution in [0.4, 0.5) is 4.79 Å². The molecule has 0 unspecified atom stereocenters. The summed E-state index contributed by atoms with van der Waals surface area (Å²) < 4.78 is 0. The first-order valence-electron chi connectivity index (χ1n) is 11.5. The number of amides is 2. The Kier molecular flexibility index (Phi) is 7.22. The summed E-state index contributed by atoms with van der Waals surface area (Å²) in [4.78, 5) is 25.4. The first-order chi connectivity index (χ1) is 15.6. The summed E-state index contributed by atoms with van der Waals surface area (Å²) in [6.07, 6.45) is 2.77. The first-order valence-corrected chi connectivity index (χ1v) is 11.5. The van der Waals surface area contributed by atoms with Crippen molar-refractivity contribution in [1.29, 1.82) is 0 Å². The number of piperidine rings is 1.